The minimum atomic E-state index is 0.604. The molecule has 0 fully saturated rings. The Morgan fingerprint density at radius 2 is 1.11 bits per heavy atom. The van der Waals surface area contributed by atoms with Crippen LogP contribution in [0.1, 0.15) is 12.7 Å². The zero-order valence-electron chi connectivity index (χ0n) is 24.8. The molecule has 45 heavy (non-hydrogen) atoms. The highest BCUT2D eigenvalue weighted by molar-refractivity contribution is 5.85. The summed E-state index contributed by atoms with van der Waals surface area (Å²) in [5.74, 6) is 1.66. The molecule has 0 amide bonds. The molecule has 5 heteroatoms. The number of benzene rings is 5. The van der Waals surface area contributed by atoms with Crippen LogP contribution in [-0.4, -0.2) is 24.5 Å². The first kappa shape index (κ1) is 26.7. The molecule has 5 nitrogen and oxygen atoms in total. The second-order valence-electron chi connectivity index (χ2n) is 11.1. The van der Waals surface area contributed by atoms with Crippen LogP contribution in [0.5, 0.6) is 0 Å². The smallest absolute Gasteiger partial charge is 0.179 e. The molecule has 0 aliphatic heterocycles. The topological polar surface area (TPSA) is 56.5 Å². The first-order chi connectivity index (χ1) is 22.2. The van der Waals surface area contributed by atoms with E-state index >= 15 is 0 Å². The van der Waals surface area contributed by atoms with E-state index in [1.165, 1.54) is 0 Å². The minimum absolute atomic E-state index is 0.604. The maximum Gasteiger partial charge on any atom is 0.179 e. The van der Waals surface area contributed by atoms with Gasteiger partial charge in [0, 0.05) is 28.6 Å². The quantitative estimate of drug-likeness (QED) is 0.197. The van der Waals surface area contributed by atoms with Gasteiger partial charge >= 0.3 is 0 Å². The number of aryl methyl sites for hydroxylation is 1. The second-order valence-corrected chi connectivity index (χ2v) is 11.1. The Balaban J connectivity index is 1.20. The van der Waals surface area contributed by atoms with Crippen molar-refractivity contribution in [2.24, 2.45) is 0 Å². The van der Waals surface area contributed by atoms with Crippen LogP contribution in [0, 0.1) is 0 Å². The van der Waals surface area contributed by atoms with E-state index in [9.17, 15) is 0 Å². The number of rotatable bonds is 6. The summed E-state index contributed by atoms with van der Waals surface area (Å²) >= 11 is 0. The molecule has 0 aliphatic carbocycles. The van der Waals surface area contributed by atoms with Gasteiger partial charge in [-0.3, -0.25) is 4.57 Å². The molecule has 0 spiro atoms. The molecule has 0 radical (unpaired) electrons. The van der Waals surface area contributed by atoms with Crippen molar-refractivity contribution in [2.45, 2.75) is 13.3 Å². The van der Waals surface area contributed by atoms with Gasteiger partial charge in [-0.1, -0.05) is 110 Å². The summed E-state index contributed by atoms with van der Waals surface area (Å²) in [5.41, 5.74) is 10.9. The van der Waals surface area contributed by atoms with Gasteiger partial charge in [-0.05, 0) is 53.6 Å². The first-order valence-electron chi connectivity index (χ1n) is 15.2. The van der Waals surface area contributed by atoms with E-state index in [4.69, 9.17) is 19.9 Å². The maximum atomic E-state index is 5.02. The van der Waals surface area contributed by atoms with Gasteiger partial charge in [0.15, 0.2) is 5.82 Å². The van der Waals surface area contributed by atoms with Crippen LogP contribution in [0.25, 0.3) is 72.8 Å². The first-order valence-corrected chi connectivity index (χ1v) is 15.2. The molecule has 214 valence electrons. The molecule has 0 N–H and O–H groups in total. The molecular formula is C40H29N5. The van der Waals surface area contributed by atoms with Crippen LogP contribution in [0.15, 0.2) is 146 Å². The number of nitrogens with zero attached hydrogens (tertiary/aromatic N) is 5. The molecule has 3 aromatic heterocycles. The van der Waals surface area contributed by atoms with E-state index in [0.717, 1.165) is 79.2 Å². The molecule has 5 aromatic carbocycles. The van der Waals surface area contributed by atoms with Gasteiger partial charge in [0.1, 0.15) is 11.5 Å². The van der Waals surface area contributed by atoms with E-state index in [1.54, 1.807) is 0 Å². The molecule has 0 atom stereocenters. The normalized spacial score (nSPS) is 11.3. The zero-order valence-corrected chi connectivity index (χ0v) is 24.8. The predicted octanol–water partition coefficient (Wildman–Crippen LogP) is 9.59. The van der Waals surface area contributed by atoms with Gasteiger partial charge in [0.05, 0.1) is 27.9 Å². The monoisotopic (exact) mass is 579 g/mol. The summed E-state index contributed by atoms with van der Waals surface area (Å²) in [6, 6.07) is 50.1. The van der Waals surface area contributed by atoms with Crippen molar-refractivity contribution in [2.75, 3.05) is 0 Å². The zero-order chi connectivity index (χ0) is 30.2. The number of aromatic nitrogens is 5. The van der Waals surface area contributed by atoms with Crippen molar-refractivity contribution in [3.05, 3.63) is 151 Å². The van der Waals surface area contributed by atoms with Crippen molar-refractivity contribution in [1.82, 2.24) is 24.5 Å². The molecule has 3 heterocycles. The van der Waals surface area contributed by atoms with Crippen LogP contribution in [0.3, 0.4) is 0 Å². The van der Waals surface area contributed by atoms with Gasteiger partial charge in [-0.2, -0.15) is 0 Å². The molecule has 8 aromatic rings. The second kappa shape index (κ2) is 11.3. The lowest BCUT2D eigenvalue weighted by Gasteiger charge is -2.11. The van der Waals surface area contributed by atoms with Crippen LogP contribution in [0.2, 0.25) is 0 Å². The van der Waals surface area contributed by atoms with E-state index in [0.29, 0.717) is 5.82 Å². The Hall–Kier alpha value is -5.94. The standard InChI is InChI=1S/C40H29N5/c1-2-39-42-34-23-22-31(25-38(34)45(39)32-14-7-4-8-15-32)27-17-19-30(20-18-27)37-26-36(28-11-5-3-6-12-28)43-40(44-37)35-24-21-29-13-9-10-16-33(29)41-35/h3-26H,2H2,1H3. The molecule has 0 saturated carbocycles. The molecular weight excluding hydrogens is 550 g/mol. The Kier molecular flexibility index (Phi) is 6.69. The average molecular weight is 580 g/mol. The van der Waals surface area contributed by atoms with Crippen molar-refractivity contribution >= 4 is 21.9 Å². The van der Waals surface area contributed by atoms with Crippen LogP contribution >= 0.6 is 0 Å². The lowest BCUT2D eigenvalue weighted by atomic mass is 10.0. The highest BCUT2D eigenvalue weighted by Gasteiger charge is 2.14. The highest BCUT2D eigenvalue weighted by atomic mass is 15.1. The number of imidazole rings is 1. The van der Waals surface area contributed by atoms with Crippen molar-refractivity contribution in [3.8, 4) is 50.8 Å². The molecule has 0 bridgehead atoms. The van der Waals surface area contributed by atoms with Gasteiger partial charge in [-0.15, -0.1) is 0 Å². The fraction of sp³-hybridized carbons (Fsp3) is 0.0500. The summed E-state index contributed by atoms with van der Waals surface area (Å²) in [6.45, 7) is 2.15. The van der Waals surface area contributed by atoms with Crippen molar-refractivity contribution < 1.29 is 0 Å². The third kappa shape index (κ3) is 5.04. The van der Waals surface area contributed by atoms with Gasteiger partial charge in [0.25, 0.3) is 0 Å². The summed E-state index contributed by atoms with van der Waals surface area (Å²) < 4.78 is 2.27. The van der Waals surface area contributed by atoms with E-state index in [1.807, 2.05) is 48.5 Å². The summed E-state index contributed by atoms with van der Waals surface area (Å²) in [7, 11) is 0. The fourth-order valence-electron chi connectivity index (χ4n) is 5.90. The molecule has 0 saturated heterocycles. The summed E-state index contributed by atoms with van der Waals surface area (Å²) in [4.78, 5) is 19.8. The molecule has 0 unspecified atom stereocenters. The van der Waals surface area contributed by atoms with Crippen LogP contribution in [0.4, 0.5) is 0 Å². The lowest BCUT2D eigenvalue weighted by Crippen LogP contribution is -1.99. The Morgan fingerprint density at radius 3 is 1.87 bits per heavy atom. The largest absolute Gasteiger partial charge is 0.296 e. The van der Waals surface area contributed by atoms with E-state index in [-0.39, 0.29) is 0 Å². The lowest BCUT2D eigenvalue weighted by molar-refractivity contribution is 0.908. The highest BCUT2D eigenvalue weighted by Crippen LogP contribution is 2.31. The number of para-hydroxylation sites is 2. The summed E-state index contributed by atoms with van der Waals surface area (Å²) in [5, 5.41) is 1.09. The van der Waals surface area contributed by atoms with Gasteiger partial charge < -0.3 is 0 Å². The van der Waals surface area contributed by atoms with Gasteiger partial charge in [0.2, 0.25) is 0 Å². The van der Waals surface area contributed by atoms with Crippen LogP contribution in [-0.2, 0) is 6.42 Å². The van der Waals surface area contributed by atoms with Crippen LogP contribution < -0.4 is 0 Å². The SMILES string of the molecule is CCc1nc2ccc(-c3ccc(-c4cc(-c5ccccc5)nc(-c5ccc6ccccc6n5)n4)cc3)cc2n1-c1ccccc1. The minimum Gasteiger partial charge on any atom is -0.296 e. The van der Waals surface area contributed by atoms with Gasteiger partial charge in [-0.25, -0.2) is 19.9 Å². The average Bonchev–Trinajstić information content (AvgIpc) is 3.50. The fourth-order valence-corrected chi connectivity index (χ4v) is 5.90. The molecule has 0 aliphatic rings. The summed E-state index contributed by atoms with van der Waals surface area (Å²) in [6.07, 6.45) is 0.855. The Bertz CT molecular complexity index is 2290. The van der Waals surface area contributed by atoms with Crippen molar-refractivity contribution in [3.63, 3.8) is 0 Å². The van der Waals surface area contributed by atoms with Crippen molar-refractivity contribution in [1.29, 1.82) is 0 Å². The number of hydrogen-bond donors (Lipinski definition) is 0. The predicted molar refractivity (Wildman–Crippen MR) is 183 cm³/mol. The molecule has 8 rings (SSSR count). The number of hydrogen-bond acceptors (Lipinski definition) is 4. The number of fused-ring (bicyclic) bond motifs is 2. The number of pyridine rings is 1. The van der Waals surface area contributed by atoms with E-state index < -0.39 is 0 Å². The Morgan fingerprint density at radius 1 is 0.467 bits per heavy atom. The third-order valence-electron chi connectivity index (χ3n) is 8.19. The Labute approximate surface area is 261 Å². The maximum absolute atomic E-state index is 5.02. The van der Waals surface area contributed by atoms with E-state index in [2.05, 4.69) is 109 Å². The third-order valence-corrected chi connectivity index (χ3v) is 8.19.